The highest BCUT2D eigenvalue weighted by atomic mass is 79.9. The number of hydrogen-bond donors (Lipinski definition) is 1. The van der Waals surface area contributed by atoms with Gasteiger partial charge in [-0.2, -0.15) is 12.6 Å². The van der Waals surface area contributed by atoms with Crippen LogP contribution in [0.2, 0.25) is 0 Å². The fourth-order valence-corrected chi connectivity index (χ4v) is 2.03. The summed E-state index contributed by atoms with van der Waals surface area (Å²) in [4.78, 5) is 8.70. The molecule has 2 nitrogen and oxygen atoms in total. The molecular formula is C12H11BrN2S. The number of halogens is 1. The Hall–Kier alpha value is -0.870. The molecule has 2 rings (SSSR count). The molecule has 16 heavy (non-hydrogen) atoms. The largest absolute Gasteiger partial charge is 0.241 e. The maximum atomic E-state index is 4.49. The summed E-state index contributed by atoms with van der Waals surface area (Å²) >= 11 is 7.64. The summed E-state index contributed by atoms with van der Waals surface area (Å²) in [6, 6.07) is 10.0. The molecule has 0 aliphatic heterocycles. The molecule has 0 N–H and O–H groups in total. The second-order valence-corrected chi connectivity index (χ2v) is 4.70. The molecule has 0 atom stereocenters. The molecular weight excluding hydrogens is 284 g/mol. The third-order valence-corrected chi connectivity index (χ3v) is 2.88. The first-order valence-electron chi connectivity index (χ1n) is 4.98. The summed E-state index contributed by atoms with van der Waals surface area (Å²) in [5.41, 5.74) is 2.05. The standard InChI is InChI=1S/C12H11BrN2S/c13-10-3-1-2-9(8-10)11-4-6-14-12(15-11)5-7-16/h1-4,6,8,16H,5,7H2. The van der Waals surface area contributed by atoms with Gasteiger partial charge in [0.2, 0.25) is 0 Å². The van der Waals surface area contributed by atoms with Crippen LogP contribution in [0.5, 0.6) is 0 Å². The van der Waals surface area contributed by atoms with Crippen molar-refractivity contribution in [3.63, 3.8) is 0 Å². The Balaban J connectivity index is 2.36. The minimum absolute atomic E-state index is 0.766. The van der Waals surface area contributed by atoms with E-state index in [4.69, 9.17) is 0 Å². The quantitative estimate of drug-likeness (QED) is 0.878. The van der Waals surface area contributed by atoms with Gasteiger partial charge in [0.05, 0.1) is 5.69 Å². The number of hydrogen-bond acceptors (Lipinski definition) is 3. The fourth-order valence-electron chi connectivity index (χ4n) is 1.43. The van der Waals surface area contributed by atoms with E-state index >= 15 is 0 Å². The summed E-state index contributed by atoms with van der Waals surface area (Å²) in [7, 11) is 0. The van der Waals surface area contributed by atoms with Gasteiger partial charge in [0, 0.05) is 22.7 Å². The molecule has 0 amide bonds. The maximum absolute atomic E-state index is 4.49. The van der Waals surface area contributed by atoms with Gasteiger partial charge in [0.1, 0.15) is 5.82 Å². The third-order valence-electron chi connectivity index (χ3n) is 2.16. The molecule has 0 bridgehead atoms. The molecule has 0 spiro atoms. The predicted octanol–water partition coefficient (Wildman–Crippen LogP) is 3.38. The first-order chi connectivity index (χ1) is 7.79. The molecule has 0 aliphatic rings. The minimum Gasteiger partial charge on any atom is -0.241 e. The topological polar surface area (TPSA) is 25.8 Å². The number of nitrogens with zero attached hydrogens (tertiary/aromatic N) is 2. The Kier molecular flexibility index (Phi) is 3.96. The summed E-state index contributed by atoms with van der Waals surface area (Å²) < 4.78 is 1.05. The van der Waals surface area contributed by atoms with Crippen LogP contribution in [0, 0.1) is 0 Å². The van der Waals surface area contributed by atoms with Crippen molar-refractivity contribution in [3.8, 4) is 11.3 Å². The summed E-state index contributed by atoms with van der Waals surface area (Å²) in [5, 5.41) is 0. The highest BCUT2D eigenvalue weighted by Crippen LogP contribution is 2.20. The van der Waals surface area contributed by atoms with Crippen molar-refractivity contribution in [2.24, 2.45) is 0 Å². The molecule has 1 aromatic heterocycles. The van der Waals surface area contributed by atoms with Crippen molar-refractivity contribution in [1.82, 2.24) is 9.97 Å². The average Bonchev–Trinajstić information content (AvgIpc) is 2.30. The maximum Gasteiger partial charge on any atom is 0.129 e. The van der Waals surface area contributed by atoms with Crippen LogP contribution in [0.15, 0.2) is 41.0 Å². The smallest absolute Gasteiger partial charge is 0.129 e. The molecule has 0 fully saturated rings. The highest BCUT2D eigenvalue weighted by molar-refractivity contribution is 9.10. The van der Waals surface area contributed by atoms with Crippen LogP contribution in [-0.2, 0) is 6.42 Å². The van der Waals surface area contributed by atoms with Crippen molar-refractivity contribution >= 4 is 28.6 Å². The van der Waals surface area contributed by atoms with Crippen molar-refractivity contribution < 1.29 is 0 Å². The molecule has 0 aliphatic carbocycles. The summed E-state index contributed by atoms with van der Waals surface area (Å²) in [6.45, 7) is 0. The fraction of sp³-hybridized carbons (Fsp3) is 0.167. The first kappa shape index (κ1) is 11.6. The zero-order valence-corrected chi connectivity index (χ0v) is 11.1. The van der Waals surface area contributed by atoms with E-state index in [9.17, 15) is 0 Å². The van der Waals surface area contributed by atoms with Gasteiger partial charge < -0.3 is 0 Å². The normalized spacial score (nSPS) is 10.4. The SMILES string of the molecule is SCCc1nccc(-c2cccc(Br)c2)n1. The van der Waals surface area contributed by atoms with Gasteiger partial charge in [-0.25, -0.2) is 9.97 Å². The van der Waals surface area contributed by atoms with E-state index in [0.29, 0.717) is 0 Å². The number of rotatable bonds is 3. The Labute approximate surface area is 109 Å². The summed E-state index contributed by atoms with van der Waals surface area (Å²) in [6.07, 6.45) is 2.59. The van der Waals surface area contributed by atoms with E-state index in [2.05, 4.69) is 38.5 Å². The molecule has 1 aromatic carbocycles. The summed E-state index contributed by atoms with van der Waals surface area (Å²) in [5.74, 6) is 1.61. The van der Waals surface area contributed by atoms with E-state index in [1.54, 1.807) is 6.20 Å². The van der Waals surface area contributed by atoms with Gasteiger partial charge in [-0.3, -0.25) is 0 Å². The lowest BCUT2D eigenvalue weighted by Gasteiger charge is -2.03. The van der Waals surface area contributed by atoms with Crippen LogP contribution >= 0.6 is 28.6 Å². The molecule has 4 heteroatoms. The lowest BCUT2D eigenvalue weighted by molar-refractivity contribution is 0.953. The van der Waals surface area contributed by atoms with Crippen LogP contribution in [0.25, 0.3) is 11.3 Å². The third kappa shape index (κ3) is 2.83. The van der Waals surface area contributed by atoms with Crippen molar-refractivity contribution in [2.45, 2.75) is 6.42 Å². The highest BCUT2D eigenvalue weighted by Gasteiger charge is 2.02. The lowest BCUT2D eigenvalue weighted by Crippen LogP contribution is -1.96. The number of aryl methyl sites for hydroxylation is 1. The van der Waals surface area contributed by atoms with Gasteiger partial charge in [-0.05, 0) is 24.0 Å². The van der Waals surface area contributed by atoms with Crippen LogP contribution in [-0.4, -0.2) is 15.7 Å². The van der Waals surface area contributed by atoms with Gasteiger partial charge in [-0.15, -0.1) is 0 Å². The molecule has 0 radical (unpaired) electrons. The van der Waals surface area contributed by atoms with Gasteiger partial charge in [-0.1, -0.05) is 28.1 Å². The van der Waals surface area contributed by atoms with E-state index in [0.717, 1.165) is 33.7 Å². The van der Waals surface area contributed by atoms with Gasteiger partial charge in [0.25, 0.3) is 0 Å². The molecule has 0 unspecified atom stereocenters. The average molecular weight is 295 g/mol. The number of aromatic nitrogens is 2. The van der Waals surface area contributed by atoms with E-state index in [-0.39, 0.29) is 0 Å². The lowest BCUT2D eigenvalue weighted by atomic mass is 10.1. The monoisotopic (exact) mass is 294 g/mol. The van der Waals surface area contributed by atoms with Crippen LogP contribution in [0.4, 0.5) is 0 Å². The Morgan fingerprint density at radius 3 is 2.88 bits per heavy atom. The minimum atomic E-state index is 0.766. The second-order valence-electron chi connectivity index (χ2n) is 3.34. The van der Waals surface area contributed by atoms with Crippen LogP contribution < -0.4 is 0 Å². The first-order valence-corrected chi connectivity index (χ1v) is 6.41. The zero-order valence-electron chi connectivity index (χ0n) is 8.60. The van der Waals surface area contributed by atoms with E-state index < -0.39 is 0 Å². The molecule has 82 valence electrons. The van der Waals surface area contributed by atoms with Gasteiger partial charge in [0.15, 0.2) is 0 Å². The Morgan fingerprint density at radius 1 is 1.25 bits per heavy atom. The number of benzene rings is 1. The second kappa shape index (κ2) is 5.46. The number of thiol groups is 1. The Morgan fingerprint density at radius 2 is 2.12 bits per heavy atom. The van der Waals surface area contributed by atoms with Gasteiger partial charge >= 0.3 is 0 Å². The van der Waals surface area contributed by atoms with Crippen molar-refractivity contribution in [2.75, 3.05) is 5.75 Å². The van der Waals surface area contributed by atoms with Crippen LogP contribution in [0.1, 0.15) is 5.82 Å². The van der Waals surface area contributed by atoms with Crippen LogP contribution in [0.3, 0.4) is 0 Å². The molecule has 1 heterocycles. The Bertz CT molecular complexity index is 488. The molecule has 2 aromatic rings. The van der Waals surface area contributed by atoms with E-state index in [1.807, 2.05) is 30.3 Å². The van der Waals surface area contributed by atoms with E-state index in [1.165, 1.54) is 0 Å². The molecule has 0 saturated heterocycles. The predicted molar refractivity (Wildman–Crippen MR) is 72.7 cm³/mol. The molecule has 0 saturated carbocycles. The van der Waals surface area contributed by atoms with Crippen molar-refractivity contribution in [1.29, 1.82) is 0 Å². The van der Waals surface area contributed by atoms with Crippen molar-refractivity contribution in [3.05, 3.63) is 46.8 Å². The zero-order chi connectivity index (χ0) is 11.4.